The number of aliphatic hydroxyl groups is 1. The molecule has 0 bridgehead atoms. The number of hydrogen-bond acceptors (Lipinski definition) is 2. The highest BCUT2D eigenvalue weighted by Crippen LogP contribution is 2.20. The number of rotatable bonds is 4. The largest absolute Gasteiger partial charge is 0.396 e. The molecule has 1 aromatic heterocycles. The molecule has 90 valence electrons. The molecular weight excluding hydrogens is 284 g/mol. The van der Waals surface area contributed by atoms with Gasteiger partial charge in [0.15, 0.2) is 0 Å². The number of fused-ring (bicyclic) bond motifs is 1. The average Bonchev–Trinajstić information content (AvgIpc) is 2.72. The van der Waals surface area contributed by atoms with E-state index < -0.39 is 0 Å². The zero-order chi connectivity index (χ0) is 12.3. The lowest BCUT2D eigenvalue weighted by atomic mass is 10.2. The molecule has 0 spiro atoms. The number of benzene rings is 1. The second kappa shape index (κ2) is 5.33. The van der Waals surface area contributed by atoms with Gasteiger partial charge in [-0.05, 0) is 30.7 Å². The molecule has 1 heterocycles. The van der Waals surface area contributed by atoms with E-state index in [1.807, 2.05) is 24.3 Å². The van der Waals surface area contributed by atoms with Gasteiger partial charge < -0.3 is 15.4 Å². The number of nitrogens with one attached hydrogen (secondary N) is 2. The molecule has 0 fully saturated rings. The van der Waals surface area contributed by atoms with Gasteiger partial charge in [-0.25, -0.2) is 0 Å². The molecule has 1 aromatic carbocycles. The third-order valence-electron chi connectivity index (χ3n) is 2.45. The molecule has 0 unspecified atom stereocenters. The van der Waals surface area contributed by atoms with Crippen LogP contribution >= 0.6 is 15.9 Å². The van der Waals surface area contributed by atoms with Crippen LogP contribution in [0.1, 0.15) is 16.9 Å². The van der Waals surface area contributed by atoms with Gasteiger partial charge in [0.1, 0.15) is 5.69 Å². The zero-order valence-electron chi connectivity index (χ0n) is 9.16. The Hall–Kier alpha value is -1.33. The first kappa shape index (κ1) is 12.1. The Balaban J connectivity index is 2.15. The summed E-state index contributed by atoms with van der Waals surface area (Å²) in [6.07, 6.45) is 0.567. The van der Waals surface area contributed by atoms with Gasteiger partial charge in [-0.2, -0.15) is 0 Å². The minimum atomic E-state index is -0.147. The van der Waals surface area contributed by atoms with Gasteiger partial charge in [-0.1, -0.05) is 15.9 Å². The van der Waals surface area contributed by atoms with Crippen molar-refractivity contribution in [2.24, 2.45) is 0 Å². The number of carbonyl (C=O) groups is 1. The Morgan fingerprint density at radius 2 is 2.24 bits per heavy atom. The maximum absolute atomic E-state index is 11.7. The van der Waals surface area contributed by atoms with E-state index in [9.17, 15) is 4.79 Å². The number of hydrogen-bond donors (Lipinski definition) is 3. The van der Waals surface area contributed by atoms with E-state index in [1.165, 1.54) is 0 Å². The SMILES string of the molecule is O=C(NCCCO)c1cc2cc(Br)ccc2[nH]1. The summed E-state index contributed by atoms with van der Waals surface area (Å²) < 4.78 is 0.983. The number of H-pyrrole nitrogens is 1. The van der Waals surface area contributed by atoms with Crippen LogP contribution in [0, 0.1) is 0 Å². The first-order valence-electron chi connectivity index (χ1n) is 5.38. The van der Waals surface area contributed by atoms with Crippen molar-refractivity contribution in [3.05, 3.63) is 34.4 Å². The van der Waals surface area contributed by atoms with Crippen molar-refractivity contribution in [1.29, 1.82) is 0 Å². The predicted molar refractivity (Wildman–Crippen MR) is 70.0 cm³/mol. The first-order chi connectivity index (χ1) is 8.20. The van der Waals surface area contributed by atoms with Crippen LogP contribution in [-0.4, -0.2) is 29.1 Å². The standard InChI is InChI=1S/C12H13BrN2O2/c13-9-2-3-10-8(6-9)7-11(15-10)12(17)14-4-1-5-16/h2-3,6-7,15-16H,1,4-5H2,(H,14,17). The molecule has 5 heteroatoms. The predicted octanol–water partition coefficient (Wildman–Crippen LogP) is 2.04. The molecule has 4 nitrogen and oxygen atoms in total. The molecular formula is C12H13BrN2O2. The summed E-state index contributed by atoms with van der Waals surface area (Å²) in [6, 6.07) is 7.61. The third-order valence-corrected chi connectivity index (χ3v) is 2.94. The van der Waals surface area contributed by atoms with Crippen molar-refractivity contribution in [1.82, 2.24) is 10.3 Å². The molecule has 0 aliphatic heterocycles. The Bertz CT molecular complexity index is 536. The lowest BCUT2D eigenvalue weighted by Crippen LogP contribution is -2.25. The van der Waals surface area contributed by atoms with E-state index in [1.54, 1.807) is 0 Å². The second-order valence-electron chi connectivity index (χ2n) is 3.75. The molecule has 0 aliphatic carbocycles. The molecule has 2 rings (SSSR count). The molecule has 0 radical (unpaired) electrons. The maximum Gasteiger partial charge on any atom is 0.267 e. The molecule has 0 atom stereocenters. The molecule has 0 saturated carbocycles. The Kier molecular flexibility index (Phi) is 3.81. The number of aromatic amines is 1. The van der Waals surface area contributed by atoms with Crippen LogP contribution < -0.4 is 5.32 Å². The van der Waals surface area contributed by atoms with Gasteiger partial charge in [0, 0.05) is 28.5 Å². The van der Waals surface area contributed by atoms with Crippen LogP contribution in [0.3, 0.4) is 0 Å². The quantitative estimate of drug-likeness (QED) is 0.756. The van der Waals surface area contributed by atoms with Gasteiger partial charge in [-0.3, -0.25) is 4.79 Å². The summed E-state index contributed by atoms with van der Waals surface area (Å²) in [5.74, 6) is -0.147. The van der Waals surface area contributed by atoms with E-state index in [2.05, 4.69) is 26.2 Å². The number of aliphatic hydroxyl groups excluding tert-OH is 1. The lowest BCUT2D eigenvalue weighted by Gasteiger charge is -2.00. The Labute approximate surface area is 107 Å². The van der Waals surface area contributed by atoms with Crippen molar-refractivity contribution in [2.45, 2.75) is 6.42 Å². The molecule has 17 heavy (non-hydrogen) atoms. The van der Waals surface area contributed by atoms with Crippen molar-refractivity contribution in [3.63, 3.8) is 0 Å². The smallest absolute Gasteiger partial charge is 0.267 e. The van der Waals surface area contributed by atoms with Crippen molar-refractivity contribution in [2.75, 3.05) is 13.2 Å². The van der Waals surface area contributed by atoms with Crippen LogP contribution in [0.25, 0.3) is 10.9 Å². The van der Waals surface area contributed by atoms with Crippen LogP contribution in [0.4, 0.5) is 0 Å². The van der Waals surface area contributed by atoms with Gasteiger partial charge in [0.25, 0.3) is 5.91 Å². The summed E-state index contributed by atoms with van der Waals surface area (Å²) >= 11 is 3.39. The summed E-state index contributed by atoms with van der Waals surface area (Å²) in [7, 11) is 0. The molecule has 1 amide bonds. The minimum absolute atomic E-state index is 0.0833. The van der Waals surface area contributed by atoms with Crippen molar-refractivity contribution in [3.8, 4) is 0 Å². The summed E-state index contributed by atoms with van der Waals surface area (Å²) in [6.45, 7) is 0.564. The van der Waals surface area contributed by atoms with Gasteiger partial charge in [0.2, 0.25) is 0 Å². The second-order valence-corrected chi connectivity index (χ2v) is 4.66. The Morgan fingerprint density at radius 1 is 1.41 bits per heavy atom. The maximum atomic E-state index is 11.7. The van der Waals surface area contributed by atoms with Crippen molar-refractivity contribution < 1.29 is 9.90 Å². The number of amides is 1. The molecule has 2 aromatic rings. The lowest BCUT2D eigenvalue weighted by molar-refractivity contribution is 0.0947. The molecule has 0 saturated heterocycles. The molecule has 3 N–H and O–H groups in total. The summed E-state index contributed by atoms with van der Waals surface area (Å²) in [5.41, 5.74) is 1.47. The van der Waals surface area contributed by atoms with Gasteiger partial charge in [-0.15, -0.1) is 0 Å². The fraction of sp³-hybridized carbons (Fsp3) is 0.250. The highest BCUT2D eigenvalue weighted by atomic mass is 79.9. The monoisotopic (exact) mass is 296 g/mol. The van der Waals surface area contributed by atoms with Crippen molar-refractivity contribution >= 4 is 32.7 Å². The topological polar surface area (TPSA) is 65.1 Å². The van der Waals surface area contributed by atoms with Crippen LogP contribution in [0.5, 0.6) is 0 Å². The Morgan fingerprint density at radius 3 is 3.00 bits per heavy atom. The van der Waals surface area contributed by atoms with E-state index in [4.69, 9.17) is 5.11 Å². The van der Waals surface area contributed by atoms with Crippen LogP contribution in [0.15, 0.2) is 28.7 Å². The normalized spacial score (nSPS) is 10.7. The van der Waals surface area contributed by atoms with Gasteiger partial charge >= 0.3 is 0 Å². The van der Waals surface area contributed by atoms with E-state index in [-0.39, 0.29) is 12.5 Å². The summed E-state index contributed by atoms with van der Waals surface area (Å²) in [5, 5.41) is 12.4. The van der Waals surface area contributed by atoms with E-state index in [0.717, 1.165) is 15.4 Å². The third kappa shape index (κ3) is 2.87. The number of aromatic nitrogens is 1. The number of halogens is 1. The first-order valence-corrected chi connectivity index (χ1v) is 6.17. The minimum Gasteiger partial charge on any atom is -0.396 e. The van der Waals surface area contributed by atoms with E-state index in [0.29, 0.717) is 18.7 Å². The highest BCUT2D eigenvalue weighted by Gasteiger charge is 2.08. The summed E-state index contributed by atoms with van der Waals surface area (Å²) in [4.78, 5) is 14.8. The zero-order valence-corrected chi connectivity index (χ0v) is 10.8. The fourth-order valence-electron chi connectivity index (χ4n) is 1.60. The van der Waals surface area contributed by atoms with Gasteiger partial charge in [0.05, 0.1) is 0 Å². The van der Waals surface area contributed by atoms with Crippen LogP contribution in [0.2, 0.25) is 0 Å². The van der Waals surface area contributed by atoms with Crippen LogP contribution in [-0.2, 0) is 0 Å². The average molecular weight is 297 g/mol. The fourth-order valence-corrected chi connectivity index (χ4v) is 1.98. The number of carbonyl (C=O) groups excluding carboxylic acids is 1. The highest BCUT2D eigenvalue weighted by molar-refractivity contribution is 9.10. The van der Waals surface area contributed by atoms with E-state index >= 15 is 0 Å². The molecule has 0 aliphatic rings.